The first-order valence-corrected chi connectivity index (χ1v) is 9.27. The SMILES string of the molecule is Cc1ccc(O[C@H]2COCC[C@H]2NC(=O)c2ccc(-c3ccn[nH]3)cc2)cn1. The number of nitrogens with one attached hydrogen (secondary N) is 2. The van der Waals surface area contributed by atoms with E-state index in [1.54, 1.807) is 12.4 Å². The fourth-order valence-corrected chi connectivity index (χ4v) is 3.16. The number of pyridine rings is 1. The van der Waals surface area contributed by atoms with Crippen molar-refractivity contribution in [3.8, 4) is 17.0 Å². The Morgan fingerprint density at radius 2 is 2.07 bits per heavy atom. The van der Waals surface area contributed by atoms with Crippen LogP contribution in [0.3, 0.4) is 0 Å². The second-order valence-corrected chi connectivity index (χ2v) is 6.78. The number of amides is 1. The number of carbonyl (C=O) groups excluding carboxylic acids is 1. The second-order valence-electron chi connectivity index (χ2n) is 6.78. The summed E-state index contributed by atoms with van der Waals surface area (Å²) in [6, 6.07) is 13.0. The molecule has 3 aromatic rings. The number of benzene rings is 1. The molecular formula is C21H22N4O3. The molecule has 0 spiro atoms. The summed E-state index contributed by atoms with van der Waals surface area (Å²) in [5.74, 6) is 0.544. The molecular weight excluding hydrogens is 356 g/mol. The summed E-state index contributed by atoms with van der Waals surface area (Å²) < 4.78 is 11.6. The second kappa shape index (κ2) is 8.22. The van der Waals surface area contributed by atoms with Crippen LogP contribution in [0.2, 0.25) is 0 Å². The first kappa shape index (κ1) is 18.2. The van der Waals surface area contributed by atoms with E-state index in [1.165, 1.54) is 0 Å². The van der Waals surface area contributed by atoms with Crippen LogP contribution in [0.25, 0.3) is 11.3 Å². The van der Waals surface area contributed by atoms with E-state index in [-0.39, 0.29) is 18.1 Å². The van der Waals surface area contributed by atoms with Crippen molar-refractivity contribution in [3.63, 3.8) is 0 Å². The minimum absolute atomic E-state index is 0.126. The van der Waals surface area contributed by atoms with Crippen molar-refractivity contribution in [1.29, 1.82) is 0 Å². The van der Waals surface area contributed by atoms with Crippen molar-refractivity contribution in [2.45, 2.75) is 25.5 Å². The van der Waals surface area contributed by atoms with Gasteiger partial charge in [0.05, 0.1) is 24.5 Å². The molecule has 1 aromatic carbocycles. The molecule has 0 unspecified atom stereocenters. The Morgan fingerprint density at radius 1 is 1.21 bits per heavy atom. The van der Waals surface area contributed by atoms with Crippen LogP contribution in [-0.4, -0.2) is 46.4 Å². The number of rotatable bonds is 5. The van der Waals surface area contributed by atoms with E-state index < -0.39 is 0 Å². The molecule has 2 atom stereocenters. The van der Waals surface area contributed by atoms with Gasteiger partial charge in [-0.3, -0.25) is 14.9 Å². The summed E-state index contributed by atoms with van der Waals surface area (Å²) in [6.45, 7) is 2.95. The Labute approximate surface area is 163 Å². The summed E-state index contributed by atoms with van der Waals surface area (Å²) in [5.41, 5.74) is 3.42. The Hall–Kier alpha value is -3.19. The van der Waals surface area contributed by atoms with Gasteiger partial charge in [0, 0.05) is 24.1 Å². The van der Waals surface area contributed by atoms with Gasteiger partial charge >= 0.3 is 0 Å². The fraction of sp³-hybridized carbons (Fsp3) is 0.286. The molecule has 1 aliphatic heterocycles. The summed E-state index contributed by atoms with van der Waals surface area (Å²) in [7, 11) is 0. The van der Waals surface area contributed by atoms with E-state index in [9.17, 15) is 4.79 Å². The van der Waals surface area contributed by atoms with Crippen molar-refractivity contribution in [3.05, 3.63) is 66.1 Å². The lowest BCUT2D eigenvalue weighted by atomic mass is 10.0. The van der Waals surface area contributed by atoms with Gasteiger partial charge < -0.3 is 14.8 Å². The fourth-order valence-electron chi connectivity index (χ4n) is 3.16. The number of hydrogen-bond acceptors (Lipinski definition) is 5. The molecule has 0 radical (unpaired) electrons. The van der Waals surface area contributed by atoms with Gasteiger partial charge in [-0.05, 0) is 49.2 Å². The maximum Gasteiger partial charge on any atom is 0.251 e. The topological polar surface area (TPSA) is 89.1 Å². The molecule has 1 aliphatic rings. The average molecular weight is 378 g/mol. The van der Waals surface area contributed by atoms with Crippen LogP contribution in [0, 0.1) is 6.92 Å². The molecule has 28 heavy (non-hydrogen) atoms. The monoisotopic (exact) mass is 378 g/mol. The van der Waals surface area contributed by atoms with Crippen molar-refractivity contribution >= 4 is 5.91 Å². The number of aromatic amines is 1. The lowest BCUT2D eigenvalue weighted by Crippen LogP contribution is -2.51. The third kappa shape index (κ3) is 4.20. The molecule has 0 bridgehead atoms. The van der Waals surface area contributed by atoms with Crippen LogP contribution in [0.15, 0.2) is 54.9 Å². The first-order chi connectivity index (χ1) is 13.7. The summed E-state index contributed by atoms with van der Waals surface area (Å²) in [6.07, 6.45) is 3.83. The van der Waals surface area contributed by atoms with Crippen molar-refractivity contribution < 1.29 is 14.3 Å². The van der Waals surface area contributed by atoms with Crippen LogP contribution >= 0.6 is 0 Å². The van der Waals surface area contributed by atoms with Crippen LogP contribution in [0.4, 0.5) is 0 Å². The van der Waals surface area contributed by atoms with Gasteiger partial charge in [-0.1, -0.05) is 12.1 Å². The van der Waals surface area contributed by atoms with Gasteiger partial charge in [0.1, 0.15) is 11.9 Å². The molecule has 3 heterocycles. The van der Waals surface area contributed by atoms with Crippen LogP contribution in [0.5, 0.6) is 5.75 Å². The molecule has 4 rings (SSSR count). The van der Waals surface area contributed by atoms with E-state index in [1.807, 2.05) is 49.4 Å². The van der Waals surface area contributed by atoms with E-state index in [4.69, 9.17) is 9.47 Å². The molecule has 1 fully saturated rings. The normalized spacial score (nSPS) is 19.2. The number of nitrogens with zero attached hydrogens (tertiary/aromatic N) is 2. The predicted octanol–water partition coefficient (Wildman–Crippen LogP) is 2.75. The standard InChI is InChI=1S/C21H22N4O3/c1-14-2-7-17(12-22-14)28-20-13-27-11-9-19(20)24-21(26)16-5-3-15(4-6-16)18-8-10-23-25-18/h2-8,10,12,19-20H,9,11,13H2,1H3,(H,23,25)(H,24,26)/t19-,20+/m1/s1. The quantitative estimate of drug-likeness (QED) is 0.713. The number of H-pyrrole nitrogens is 1. The molecule has 1 amide bonds. The lowest BCUT2D eigenvalue weighted by molar-refractivity contribution is -0.0136. The molecule has 7 heteroatoms. The lowest BCUT2D eigenvalue weighted by Gasteiger charge is -2.32. The zero-order valence-corrected chi connectivity index (χ0v) is 15.6. The van der Waals surface area contributed by atoms with Gasteiger partial charge in [0.2, 0.25) is 0 Å². The summed E-state index contributed by atoms with van der Waals surface area (Å²) >= 11 is 0. The van der Waals surface area contributed by atoms with E-state index >= 15 is 0 Å². The third-order valence-electron chi connectivity index (χ3n) is 4.75. The molecule has 7 nitrogen and oxygen atoms in total. The van der Waals surface area contributed by atoms with Crippen molar-refractivity contribution in [2.24, 2.45) is 0 Å². The number of aromatic nitrogens is 3. The van der Waals surface area contributed by atoms with Crippen molar-refractivity contribution in [2.75, 3.05) is 13.2 Å². The smallest absolute Gasteiger partial charge is 0.251 e. The first-order valence-electron chi connectivity index (χ1n) is 9.27. The highest BCUT2D eigenvalue weighted by Crippen LogP contribution is 2.19. The molecule has 144 valence electrons. The molecule has 1 saturated heterocycles. The zero-order valence-electron chi connectivity index (χ0n) is 15.6. The maximum absolute atomic E-state index is 12.7. The van der Waals surface area contributed by atoms with E-state index in [0.29, 0.717) is 30.9 Å². The summed E-state index contributed by atoms with van der Waals surface area (Å²) in [5, 5.41) is 9.95. The highest BCUT2D eigenvalue weighted by molar-refractivity contribution is 5.94. The number of aryl methyl sites for hydroxylation is 1. The number of carbonyl (C=O) groups is 1. The molecule has 2 aromatic heterocycles. The van der Waals surface area contributed by atoms with Gasteiger partial charge in [-0.2, -0.15) is 5.10 Å². The minimum atomic E-state index is -0.258. The van der Waals surface area contributed by atoms with Crippen LogP contribution < -0.4 is 10.1 Å². The number of ether oxygens (including phenoxy) is 2. The Balaban J connectivity index is 1.42. The van der Waals surface area contributed by atoms with Gasteiger partial charge in [0.25, 0.3) is 5.91 Å². The average Bonchev–Trinajstić information content (AvgIpc) is 3.26. The maximum atomic E-state index is 12.7. The van der Waals surface area contributed by atoms with Crippen molar-refractivity contribution in [1.82, 2.24) is 20.5 Å². The summed E-state index contributed by atoms with van der Waals surface area (Å²) in [4.78, 5) is 17.0. The van der Waals surface area contributed by atoms with Crippen LogP contribution in [-0.2, 0) is 4.74 Å². The molecule has 2 N–H and O–H groups in total. The Morgan fingerprint density at radius 3 is 2.79 bits per heavy atom. The highest BCUT2D eigenvalue weighted by atomic mass is 16.5. The molecule has 0 saturated carbocycles. The largest absolute Gasteiger partial charge is 0.484 e. The predicted molar refractivity (Wildman–Crippen MR) is 104 cm³/mol. The van der Waals surface area contributed by atoms with E-state index in [2.05, 4.69) is 20.5 Å². The Kier molecular flexibility index (Phi) is 5.34. The third-order valence-corrected chi connectivity index (χ3v) is 4.75. The van der Waals surface area contributed by atoms with Gasteiger partial charge in [0.15, 0.2) is 0 Å². The van der Waals surface area contributed by atoms with E-state index in [0.717, 1.165) is 17.0 Å². The molecule has 0 aliphatic carbocycles. The number of hydrogen-bond donors (Lipinski definition) is 2. The van der Waals surface area contributed by atoms with Crippen LogP contribution in [0.1, 0.15) is 22.5 Å². The minimum Gasteiger partial charge on any atom is -0.484 e. The highest BCUT2D eigenvalue weighted by Gasteiger charge is 2.29. The Bertz CT molecular complexity index is 908. The van der Waals surface area contributed by atoms with Gasteiger partial charge in [-0.25, -0.2) is 0 Å². The van der Waals surface area contributed by atoms with Gasteiger partial charge in [-0.15, -0.1) is 0 Å². The zero-order chi connectivity index (χ0) is 19.3.